The van der Waals surface area contributed by atoms with E-state index in [1.807, 2.05) is 12.1 Å². The van der Waals surface area contributed by atoms with Gasteiger partial charge in [0.25, 0.3) is 0 Å². The number of carbonyl (C=O) groups excluding carboxylic acids is 1. The van der Waals surface area contributed by atoms with Gasteiger partial charge < -0.3 is 20.1 Å². The Morgan fingerprint density at radius 2 is 2.10 bits per heavy atom. The SMILES string of the molecule is CC1(OCC(=O)O)CN(C(=O)Nc2cc(Br)ccc2Br)C1. The second-order valence-corrected chi connectivity index (χ2v) is 6.81. The molecule has 6 nitrogen and oxygen atoms in total. The highest BCUT2D eigenvalue weighted by atomic mass is 79.9. The van der Waals surface area contributed by atoms with Crippen molar-refractivity contribution in [3.05, 3.63) is 27.1 Å². The van der Waals surface area contributed by atoms with E-state index in [1.54, 1.807) is 17.9 Å². The maximum absolute atomic E-state index is 12.1. The minimum Gasteiger partial charge on any atom is -0.480 e. The summed E-state index contributed by atoms with van der Waals surface area (Å²) in [6.45, 7) is 2.15. The first kappa shape index (κ1) is 16.3. The van der Waals surface area contributed by atoms with E-state index in [0.29, 0.717) is 18.8 Å². The van der Waals surface area contributed by atoms with Crippen molar-refractivity contribution in [2.75, 3.05) is 25.0 Å². The highest BCUT2D eigenvalue weighted by Gasteiger charge is 2.42. The number of likely N-dealkylation sites (tertiary alicyclic amines) is 1. The molecule has 1 heterocycles. The first-order valence-electron chi connectivity index (χ1n) is 6.16. The van der Waals surface area contributed by atoms with Crippen LogP contribution in [0, 0.1) is 0 Å². The smallest absolute Gasteiger partial charge is 0.329 e. The van der Waals surface area contributed by atoms with Gasteiger partial charge in [0.1, 0.15) is 12.2 Å². The monoisotopic (exact) mass is 420 g/mol. The standard InChI is InChI=1S/C13H14Br2N2O4/c1-13(21-5-11(18)19)6-17(7-13)12(20)16-10-4-8(14)2-3-9(10)15/h2-4H,5-7H2,1H3,(H,16,20)(H,18,19). The van der Waals surface area contributed by atoms with E-state index >= 15 is 0 Å². The fraction of sp³-hybridized carbons (Fsp3) is 0.385. The van der Waals surface area contributed by atoms with E-state index < -0.39 is 11.6 Å². The Labute approximate surface area is 138 Å². The number of nitrogens with one attached hydrogen (secondary N) is 1. The number of hydrogen-bond donors (Lipinski definition) is 2. The molecule has 1 saturated heterocycles. The number of rotatable bonds is 4. The van der Waals surface area contributed by atoms with Crippen molar-refractivity contribution in [1.29, 1.82) is 0 Å². The van der Waals surface area contributed by atoms with Gasteiger partial charge in [-0.05, 0) is 41.1 Å². The minimum absolute atomic E-state index is 0.245. The minimum atomic E-state index is -1.02. The summed E-state index contributed by atoms with van der Waals surface area (Å²) in [5.41, 5.74) is 0.0685. The van der Waals surface area contributed by atoms with Crippen LogP contribution in [0.5, 0.6) is 0 Å². The Kier molecular flexibility index (Phi) is 4.90. The zero-order chi connectivity index (χ0) is 15.6. The molecule has 114 valence electrons. The number of nitrogens with zero attached hydrogens (tertiary/aromatic N) is 1. The molecule has 1 aliphatic rings. The molecule has 0 spiro atoms. The number of aliphatic carboxylic acids is 1. The van der Waals surface area contributed by atoms with Crippen molar-refractivity contribution in [2.24, 2.45) is 0 Å². The summed E-state index contributed by atoms with van der Waals surface area (Å²) < 4.78 is 6.90. The molecule has 2 rings (SSSR count). The zero-order valence-corrected chi connectivity index (χ0v) is 14.4. The second kappa shape index (κ2) is 6.33. The van der Waals surface area contributed by atoms with Crippen LogP contribution in [0.25, 0.3) is 0 Å². The molecule has 1 aliphatic heterocycles. The molecule has 0 bridgehead atoms. The summed E-state index contributed by atoms with van der Waals surface area (Å²) in [4.78, 5) is 24.1. The lowest BCUT2D eigenvalue weighted by Crippen LogP contribution is -2.64. The Morgan fingerprint density at radius 3 is 2.71 bits per heavy atom. The zero-order valence-electron chi connectivity index (χ0n) is 11.2. The Morgan fingerprint density at radius 1 is 1.43 bits per heavy atom. The van der Waals surface area contributed by atoms with Gasteiger partial charge in [-0.2, -0.15) is 0 Å². The van der Waals surface area contributed by atoms with Crippen LogP contribution in [0.15, 0.2) is 27.1 Å². The third kappa shape index (κ3) is 4.18. The number of urea groups is 1. The molecule has 8 heteroatoms. The first-order valence-corrected chi connectivity index (χ1v) is 7.74. The average molecular weight is 422 g/mol. The van der Waals surface area contributed by atoms with Crippen LogP contribution in [0.3, 0.4) is 0 Å². The summed E-state index contributed by atoms with van der Waals surface area (Å²) in [6, 6.07) is 5.24. The number of carboxylic acids is 1. The third-order valence-corrected chi connectivity index (χ3v) is 4.24. The van der Waals surface area contributed by atoms with Gasteiger partial charge in [0.05, 0.1) is 18.8 Å². The van der Waals surface area contributed by atoms with E-state index in [4.69, 9.17) is 9.84 Å². The van der Waals surface area contributed by atoms with Crippen molar-refractivity contribution in [2.45, 2.75) is 12.5 Å². The largest absolute Gasteiger partial charge is 0.480 e. The predicted molar refractivity (Wildman–Crippen MR) is 84.4 cm³/mol. The van der Waals surface area contributed by atoms with Gasteiger partial charge in [0.2, 0.25) is 0 Å². The summed E-state index contributed by atoms with van der Waals surface area (Å²) in [6.07, 6.45) is 0. The van der Waals surface area contributed by atoms with Gasteiger partial charge in [0.15, 0.2) is 0 Å². The Bertz CT molecular complexity index is 573. The maximum atomic E-state index is 12.1. The van der Waals surface area contributed by atoms with Crippen LogP contribution in [0.2, 0.25) is 0 Å². The molecular weight excluding hydrogens is 408 g/mol. The highest BCUT2D eigenvalue weighted by Crippen LogP contribution is 2.29. The fourth-order valence-electron chi connectivity index (χ4n) is 2.02. The van der Waals surface area contributed by atoms with Gasteiger partial charge in [-0.1, -0.05) is 15.9 Å². The Hall–Kier alpha value is -1.12. The molecule has 0 aliphatic carbocycles. The topological polar surface area (TPSA) is 78.9 Å². The van der Waals surface area contributed by atoms with Crippen LogP contribution < -0.4 is 5.32 Å². The molecule has 0 radical (unpaired) electrons. The van der Waals surface area contributed by atoms with Crippen molar-refractivity contribution < 1.29 is 19.4 Å². The molecular formula is C13H14Br2N2O4. The van der Waals surface area contributed by atoms with Crippen molar-refractivity contribution in [3.63, 3.8) is 0 Å². The number of carboxylic acid groups (broad SMARTS) is 1. The van der Waals surface area contributed by atoms with Gasteiger partial charge >= 0.3 is 12.0 Å². The summed E-state index contributed by atoms with van der Waals surface area (Å²) >= 11 is 6.71. The average Bonchev–Trinajstić information content (AvgIpc) is 2.37. The van der Waals surface area contributed by atoms with E-state index in [2.05, 4.69) is 37.2 Å². The van der Waals surface area contributed by atoms with Crippen molar-refractivity contribution in [1.82, 2.24) is 4.90 Å². The molecule has 1 aromatic carbocycles. The lowest BCUT2D eigenvalue weighted by Gasteiger charge is -2.46. The van der Waals surface area contributed by atoms with E-state index in [0.717, 1.165) is 8.95 Å². The fourth-order valence-corrected chi connectivity index (χ4v) is 2.73. The lowest BCUT2D eigenvalue weighted by atomic mass is 9.97. The normalized spacial score (nSPS) is 16.2. The summed E-state index contributed by atoms with van der Waals surface area (Å²) in [5, 5.41) is 11.4. The number of benzene rings is 1. The number of carbonyl (C=O) groups is 2. The van der Waals surface area contributed by atoms with E-state index in [-0.39, 0.29) is 12.6 Å². The molecule has 1 aromatic rings. The van der Waals surface area contributed by atoms with Crippen LogP contribution in [0.4, 0.5) is 10.5 Å². The number of anilines is 1. The van der Waals surface area contributed by atoms with Crippen LogP contribution in [-0.4, -0.2) is 47.3 Å². The molecule has 0 aromatic heterocycles. The number of halogens is 2. The molecule has 0 unspecified atom stereocenters. The molecule has 0 atom stereocenters. The summed E-state index contributed by atoms with van der Waals surface area (Å²) in [7, 11) is 0. The lowest BCUT2D eigenvalue weighted by molar-refractivity contribution is -0.159. The number of amides is 2. The second-order valence-electron chi connectivity index (χ2n) is 5.04. The van der Waals surface area contributed by atoms with Crippen molar-refractivity contribution in [3.8, 4) is 0 Å². The summed E-state index contributed by atoms with van der Waals surface area (Å²) in [5.74, 6) is -1.02. The molecule has 2 amide bonds. The molecule has 1 fully saturated rings. The quantitative estimate of drug-likeness (QED) is 0.783. The first-order chi connectivity index (χ1) is 9.79. The van der Waals surface area contributed by atoms with Crippen LogP contribution in [0.1, 0.15) is 6.92 Å². The van der Waals surface area contributed by atoms with E-state index in [9.17, 15) is 9.59 Å². The number of hydrogen-bond acceptors (Lipinski definition) is 3. The van der Waals surface area contributed by atoms with Crippen LogP contribution in [-0.2, 0) is 9.53 Å². The maximum Gasteiger partial charge on any atom is 0.329 e. The van der Waals surface area contributed by atoms with Crippen molar-refractivity contribution >= 4 is 49.5 Å². The Balaban J connectivity index is 1.89. The molecule has 0 saturated carbocycles. The highest BCUT2D eigenvalue weighted by molar-refractivity contribution is 9.11. The predicted octanol–water partition coefficient (Wildman–Crippen LogP) is 2.92. The van der Waals surface area contributed by atoms with Gasteiger partial charge in [-0.3, -0.25) is 0 Å². The van der Waals surface area contributed by atoms with Gasteiger partial charge in [-0.15, -0.1) is 0 Å². The van der Waals surface area contributed by atoms with E-state index in [1.165, 1.54) is 0 Å². The molecule has 2 N–H and O–H groups in total. The van der Waals surface area contributed by atoms with Crippen LogP contribution >= 0.6 is 31.9 Å². The third-order valence-electron chi connectivity index (χ3n) is 3.05. The van der Waals surface area contributed by atoms with Gasteiger partial charge in [0, 0.05) is 8.95 Å². The molecule has 21 heavy (non-hydrogen) atoms. The van der Waals surface area contributed by atoms with Gasteiger partial charge in [-0.25, -0.2) is 9.59 Å². The number of ether oxygens (including phenoxy) is 1.